The summed E-state index contributed by atoms with van der Waals surface area (Å²) >= 11 is 0. The second-order valence-corrected chi connectivity index (χ2v) is 8.83. The quantitative estimate of drug-likeness (QED) is 0.391. The topological polar surface area (TPSA) is 89.7 Å². The number of fused-ring (bicyclic) bond motifs is 1. The molecule has 1 fully saturated rings. The summed E-state index contributed by atoms with van der Waals surface area (Å²) in [6.07, 6.45) is 2.31. The van der Waals surface area contributed by atoms with Crippen molar-refractivity contribution in [1.82, 2.24) is 31.7 Å². The highest BCUT2D eigenvalue weighted by Gasteiger charge is 2.45. The predicted molar refractivity (Wildman–Crippen MR) is 117 cm³/mol. The molecule has 182 valence electrons. The normalized spacial score (nSPS) is 30.6. The summed E-state index contributed by atoms with van der Waals surface area (Å²) in [4.78, 5) is 13.1. The molecule has 11 heteroatoms. The van der Waals surface area contributed by atoms with Crippen LogP contribution in [0.15, 0.2) is 46.8 Å². The molecule has 4 atom stereocenters. The Morgan fingerprint density at radius 1 is 1.21 bits per heavy atom. The second-order valence-electron chi connectivity index (χ2n) is 8.83. The Labute approximate surface area is 191 Å². The molecule has 0 spiro atoms. The van der Waals surface area contributed by atoms with Crippen molar-refractivity contribution in [3.05, 3.63) is 46.8 Å². The lowest BCUT2D eigenvalue weighted by atomic mass is 9.89. The molecule has 0 radical (unpaired) electrons. The van der Waals surface area contributed by atoms with Crippen LogP contribution in [0.4, 0.5) is 13.2 Å². The molecule has 1 saturated heterocycles. The Hall–Kier alpha value is -2.18. The van der Waals surface area contributed by atoms with E-state index in [1.807, 2.05) is 26.8 Å². The third kappa shape index (κ3) is 5.33. The largest absolute Gasteiger partial charge is 0.416 e. The van der Waals surface area contributed by atoms with Crippen LogP contribution in [0.1, 0.15) is 33.6 Å². The molecule has 3 heterocycles. The maximum absolute atomic E-state index is 13.6. The van der Waals surface area contributed by atoms with Gasteiger partial charge in [-0.05, 0) is 50.8 Å². The molecule has 0 bridgehead atoms. The average molecular weight is 469 g/mol. The van der Waals surface area contributed by atoms with Gasteiger partial charge in [-0.15, -0.1) is 0 Å². The fourth-order valence-electron chi connectivity index (χ4n) is 4.52. The van der Waals surface area contributed by atoms with E-state index in [0.717, 1.165) is 5.57 Å². The summed E-state index contributed by atoms with van der Waals surface area (Å²) in [6, 6.07) is -1.27. The monoisotopic (exact) mass is 468 g/mol. The molecule has 8 nitrogen and oxygen atoms in total. The second kappa shape index (κ2) is 9.59. The first kappa shape index (κ1) is 24.0. The minimum absolute atomic E-state index is 0.00109. The third-order valence-electron chi connectivity index (χ3n) is 5.96. The molecule has 1 aliphatic carbocycles. The summed E-state index contributed by atoms with van der Waals surface area (Å²) in [5.74, 6) is 0.269. The highest BCUT2D eigenvalue weighted by atomic mass is 19.4. The summed E-state index contributed by atoms with van der Waals surface area (Å²) in [5.41, 5.74) is 3.63. The van der Waals surface area contributed by atoms with Crippen LogP contribution in [-0.4, -0.2) is 60.9 Å². The summed E-state index contributed by atoms with van der Waals surface area (Å²) < 4.78 is 46.5. The molecule has 3 aliphatic heterocycles. The van der Waals surface area contributed by atoms with E-state index in [1.165, 1.54) is 6.08 Å². The van der Waals surface area contributed by atoms with Gasteiger partial charge in [-0.3, -0.25) is 15.4 Å². The number of carbonyl (C=O) groups is 1. The van der Waals surface area contributed by atoms with Crippen LogP contribution in [0.5, 0.6) is 0 Å². The number of amides is 1. The molecule has 0 aromatic heterocycles. The van der Waals surface area contributed by atoms with Gasteiger partial charge in [0.15, 0.2) is 6.35 Å². The zero-order chi connectivity index (χ0) is 23.8. The highest BCUT2D eigenvalue weighted by molar-refractivity contribution is 5.84. The fraction of sp³-hybridized carbons (Fsp3) is 0.591. The Morgan fingerprint density at radius 2 is 1.97 bits per heavy atom. The van der Waals surface area contributed by atoms with Crippen LogP contribution in [0.3, 0.4) is 0 Å². The van der Waals surface area contributed by atoms with E-state index in [0.29, 0.717) is 31.8 Å². The van der Waals surface area contributed by atoms with Gasteiger partial charge in [0.05, 0.1) is 23.9 Å². The summed E-state index contributed by atoms with van der Waals surface area (Å²) in [6.45, 7) is 6.58. The zero-order valence-electron chi connectivity index (χ0n) is 18.9. The number of rotatable bonds is 5. The Bertz CT molecular complexity index is 895. The van der Waals surface area contributed by atoms with Crippen molar-refractivity contribution >= 4 is 5.91 Å². The van der Waals surface area contributed by atoms with Gasteiger partial charge >= 0.3 is 6.18 Å². The lowest BCUT2D eigenvalue weighted by Crippen LogP contribution is -2.60. The smallest absolute Gasteiger partial charge is 0.342 e. The molecule has 4 aliphatic rings. The number of carbonyl (C=O) groups excluding carboxylic acids is 1. The molecule has 1 amide bonds. The lowest BCUT2D eigenvalue weighted by molar-refractivity contribution is -0.126. The summed E-state index contributed by atoms with van der Waals surface area (Å²) in [7, 11) is 0. The number of hydrogen-bond donors (Lipinski definition) is 5. The Kier molecular flexibility index (Phi) is 6.96. The van der Waals surface area contributed by atoms with E-state index < -0.39 is 30.2 Å². The maximum Gasteiger partial charge on any atom is 0.416 e. The zero-order valence-corrected chi connectivity index (χ0v) is 18.9. The van der Waals surface area contributed by atoms with Gasteiger partial charge in [0.2, 0.25) is 5.91 Å². The number of alkyl halides is 3. The lowest BCUT2D eigenvalue weighted by Gasteiger charge is -2.39. The van der Waals surface area contributed by atoms with Crippen LogP contribution < -0.4 is 26.7 Å². The van der Waals surface area contributed by atoms with E-state index in [9.17, 15) is 18.0 Å². The van der Waals surface area contributed by atoms with E-state index in [-0.39, 0.29) is 23.8 Å². The van der Waals surface area contributed by atoms with Crippen molar-refractivity contribution in [2.75, 3.05) is 13.1 Å². The molecule has 4 rings (SSSR count). The number of hydrogen-bond acceptors (Lipinski definition) is 7. The van der Waals surface area contributed by atoms with Crippen molar-refractivity contribution < 1.29 is 22.7 Å². The number of halogens is 3. The van der Waals surface area contributed by atoms with Gasteiger partial charge < -0.3 is 15.4 Å². The first-order valence-corrected chi connectivity index (χ1v) is 11.2. The van der Waals surface area contributed by atoms with E-state index in [1.54, 1.807) is 17.2 Å². The first-order valence-electron chi connectivity index (χ1n) is 11.2. The van der Waals surface area contributed by atoms with Crippen LogP contribution >= 0.6 is 0 Å². The molecule has 4 unspecified atom stereocenters. The molecule has 0 aromatic rings. The number of nitrogens with one attached hydrogen (secondary N) is 5. The molecule has 33 heavy (non-hydrogen) atoms. The van der Waals surface area contributed by atoms with Crippen LogP contribution in [0.25, 0.3) is 0 Å². The van der Waals surface area contributed by atoms with Crippen LogP contribution in [-0.2, 0) is 9.53 Å². The average Bonchev–Trinajstić information content (AvgIpc) is 3.18. The molecular formula is C22H31F3N6O2. The van der Waals surface area contributed by atoms with Gasteiger partial charge in [-0.25, -0.2) is 10.4 Å². The van der Waals surface area contributed by atoms with E-state index in [2.05, 4.69) is 26.7 Å². The van der Waals surface area contributed by atoms with Gasteiger partial charge in [0, 0.05) is 13.1 Å². The van der Waals surface area contributed by atoms with E-state index in [4.69, 9.17) is 4.74 Å². The Balaban J connectivity index is 1.46. The van der Waals surface area contributed by atoms with Crippen LogP contribution in [0.2, 0.25) is 0 Å². The SMILES string of the molecule is CC1=CC(C2=CCCC=C2C(F)(F)F)NN2C(C(=O)NC3=CCNC(OC(C)C)N3)CNC12. The van der Waals surface area contributed by atoms with Crippen molar-refractivity contribution in [2.45, 2.75) is 70.5 Å². The molecule has 0 aromatic carbocycles. The number of hydrazine groups is 1. The van der Waals surface area contributed by atoms with Crippen molar-refractivity contribution in [2.24, 2.45) is 0 Å². The van der Waals surface area contributed by atoms with Crippen molar-refractivity contribution in [1.29, 1.82) is 0 Å². The number of ether oxygens (including phenoxy) is 1. The van der Waals surface area contributed by atoms with Crippen molar-refractivity contribution in [3.8, 4) is 0 Å². The van der Waals surface area contributed by atoms with Gasteiger partial charge in [-0.1, -0.05) is 18.2 Å². The van der Waals surface area contributed by atoms with Gasteiger partial charge in [0.1, 0.15) is 11.9 Å². The standard InChI is InChI=1S/C22H31F3N6O2/c1-12(2)33-21-26-9-8-18(29-21)28-20(32)17-11-27-19-13(3)10-16(30-31(17)19)14-6-4-5-7-15(14)22(23,24)25/h6-8,10,12,16-17,19,21,26-27,29-30H,4-5,9,11H2,1-3H3,(H,28,32). The highest BCUT2D eigenvalue weighted by Crippen LogP contribution is 2.37. The maximum atomic E-state index is 13.6. The number of nitrogens with zero attached hydrogens (tertiary/aromatic N) is 1. The van der Waals surface area contributed by atoms with E-state index >= 15 is 0 Å². The fourth-order valence-corrected chi connectivity index (χ4v) is 4.52. The van der Waals surface area contributed by atoms with Gasteiger partial charge in [-0.2, -0.15) is 13.2 Å². The van der Waals surface area contributed by atoms with Crippen LogP contribution in [0, 0.1) is 0 Å². The number of allylic oxidation sites excluding steroid dienone is 2. The first-order chi connectivity index (χ1) is 15.6. The van der Waals surface area contributed by atoms with Crippen molar-refractivity contribution in [3.63, 3.8) is 0 Å². The third-order valence-corrected chi connectivity index (χ3v) is 5.96. The minimum Gasteiger partial charge on any atom is -0.342 e. The molecule has 0 saturated carbocycles. The summed E-state index contributed by atoms with van der Waals surface area (Å²) in [5, 5.41) is 14.1. The van der Waals surface area contributed by atoms with Gasteiger partial charge in [0.25, 0.3) is 0 Å². The minimum atomic E-state index is -4.42. The molecular weight excluding hydrogens is 437 g/mol. The predicted octanol–water partition coefficient (Wildman–Crippen LogP) is 1.49. The Morgan fingerprint density at radius 3 is 2.70 bits per heavy atom. The molecule has 5 N–H and O–H groups in total.